The van der Waals surface area contributed by atoms with Crippen molar-refractivity contribution in [3.63, 3.8) is 0 Å². The van der Waals surface area contributed by atoms with Crippen LogP contribution in [0.2, 0.25) is 0 Å². The van der Waals surface area contributed by atoms with Gasteiger partial charge in [0.15, 0.2) is 0 Å². The van der Waals surface area contributed by atoms with E-state index in [4.69, 9.17) is 9.47 Å². The Morgan fingerprint density at radius 1 is 0.905 bits per heavy atom. The highest BCUT2D eigenvalue weighted by Crippen LogP contribution is 2.14. The fraction of sp³-hybridized carbons (Fsp3) is 0.750. The molecule has 0 aromatic carbocycles. The summed E-state index contributed by atoms with van der Waals surface area (Å²) >= 11 is 0. The van der Waals surface area contributed by atoms with E-state index in [0.717, 1.165) is 11.3 Å². The summed E-state index contributed by atoms with van der Waals surface area (Å²) in [4.78, 5) is 25.3. The third-order valence-electron chi connectivity index (χ3n) is 2.15. The average molecular weight is 299 g/mol. The maximum atomic E-state index is 12.1. The molecule has 21 heavy (non-hydrogen) atoms. The molecule has 0 saturated heterocycles. The lowest BCUT2D eigenvalue weighted by Gasteiger charge is -2.28. The van der Waals surface area contributed by atoms with Crippen LogP contribution in [0.1, 0.15) is 61.3 Å². The summed E-state index contributed by atoms with van der Waals surface area (Å²) in [5, 5.41) is 0. The number of nitrogens with zero attached hydrogens (tertiary/aromatic N) is 1. The second-order valence-corrected chi connectivity index (χ2v) is 6.78. The average Bonchev–Trinajstić information content (AvgIpc) is 2.23. The molecule has 5 nitrogen and oxygen atoms in total. The Hall–Kier alpha value is -1.52. The van der Waals surface area contributed by atoms with Crippen LogP contribution < -0.4 is 0 Å². The number of imide groups is 1. The summed E-state index contributed by atoms with van der Waals surface area (Å²) in [5.41, 5.74) is -1.31. The maximum Gasteiger partial charge on any atom is 0.419 e. The SMILES string of the molecule is CC/C=C/CCN(C(=O)OC(C)(C)C)C(=O)OC(C)(C)C. The fourth-order valence-electron chi connectivity index (χ4n) is 1.38. The highest BCUT2D eigenvalue weighted by molar-refractivity contribution is 5.88. The predicted octanol–water partition coefficient (Wildman–Crippen LogP) is 4.51. The first-order valence-corrected chi connectivity index (χ1v) is 7.35. The Bertz CT molecular complexity index is 347. The smallest absolute Gasteiger partial charge is 0.419 e. The molecular weight excluding hydrogens is 270 g/mol. The summed E-state index contributed by atoms with van der Waals surface area (Å²) in [6.07, 6.45) is 4.05. The summed E-state index contributed by atoms with van der Waals surface area (Å²) in [5.74, 6) is 0. The number of allylic oxidation sites excluding steroid dienone is 1. The van der Waals surface area contributed by atoms with E-state index in [2.05, 4.69) is 0 Å². The lowest BCUT2D eigenvalue weighted by atomic mass is 10.2. The largest absolute Gasteiger partial charge is 0.443 e. The normalized spacial score (nSPS) is 12.3. The standard InChI is InChI=1S/C16H29NO4/c1-8-9-10-11-12-17(13(18)20-15(2,3)4)14(19)21-16(5,6)7/h9-10H,8,11-12H2,1-7H3/b10-9+. The highest BCUT2D eigenvalue weighted by atomic mass is 16.6. The summed E-state index contributed by atoms with van der Waals surface area (Å²) in [7, 11) is 0. The molecule has 0 heterocycles. The van der Waals surface area contributed by atoms with Crippen molar-refractivity contribution in [2.45, 2.75) is 72.5 Å². The predicted molar refractivity (Wildman–Crippen MR) is 83.2 cm³/mol. The quantitative estimate of drug-likeness (QED) is 0.716. The van der Waals surface area contributed by atoms with Crippen LogP contribution in [-0.2, 0) is 9.47 Å². The van der Waals surface area contributed by atoms with Gasteiger partial charge in [-0.25, -0.2) is 14.5 Å². The zero-order chi connectivity index (χ0) is 16.7. The third-order valence-corrected chi connectivity index (χ3v) is 2.15. The van der Waals surface area contributed by atoms with E-state index in [1.54, 1.807) is 41.5 Å². The number of carbonyl (C=O) groups excluding carboxylic acids is 2. The monoisotopic (exact) mass is 299 g/mol. The number of hydrogen-bond donors (Lipinski definition) is 0. The van der Waals surface area contributed by atoms with Crippen molar-refractivity contribution in [3.8, 4) is 0 Å². The van der Waals surface area contributed by atoms with Crippen LogP contribution in [0.3, 0.4) is 0 Å². The summed E-state index contributed by atoms with van der Waals surface area (Å²) < 4.78 is 10.5. The number of ether oxygens (including phenoxy) is 2. The van der Waals surface area contributed by atoms with E-state index in [1.165, 1.54) is 0 Å². The van der Waals surface area contributed by atoms with E-state index in [9.17, 15) is 9.59 Å². The van der Waals surface area contributed by atoms with Crippen LogP contribution in [0.15, 0.2) is 12.2 Å². The summed E-state index contributed by atoms with van der Waals surface area (Å²) in [6.45, 7) is 12.8. The first-order valence-electron chi connectivity index (χ1n) is 7.35. The number of hydrogen-bond acceptors (Lipinski definition) is 4. The zero-order valence-corrected chi connectivity index (χ0v) is 14.4. The Morgan fingerprint density at radius 2 is 1.33 bits per heavy atom. The van der Waals surface area contributed by atoms with E-state index in [-0.39, 0.29) is 6.54 Å². The van der Waals surface area contributed by atoms with Crippen molar-refractivity contribution < 1.29 is 19.1 Å². The molecule has 0 aromatic rings. The second-order valence-electron chi connectivity index (χ2n) is 6.78. The fourth-order valence-corrected chi connectivity index (χ4v) is 1.38. The lowest BCUT2D eigenvalue weighted by Crippen LogP contribution is -2.43. The Labute approximate surface area is 128 Å². The summed E-state index contributed by atoms with van der Waals surface area (Å²) in [6, 6.07) is 0. The molecule has 0 aromatic heterocycles. The van der Waals surface area contributed by atoms with Gasteiger partial charge in [0.25, 0.3) is 0 Å². The number of amides is 2. The molecular formula is C16H29NO4. The van der Waals surface area contributed by atoms with Gasteiger partial charge in [0.1, 0.15) is 11.2 Å². The van der Waals surface area contributed by atoms with Gasteiger partial charge >= 0.3 is 12.2 Å². The van der Waals surface area contributed by atoms with E-state index < -0.39 is 23.4 Å². The van der Waals surface area contributed by atoms with Gasteiger partial charge in [0.05, 0.1) is 0 Å². The van der Waals surface area contributed by atoms with Gasteiger partial charge in [-0.1, -0.05) is 19.1 Å². The van der Waals surface area contributed by atoms with E-state index >= 15 is 0 Å². The zero-order valence-electron chi connectivity index (χ0n) is 14.4. The van der Waals surface area contributed by atoms with E-state index in [0.29, 0.717) is 6.42 Å². The first kappa shape index (κ1) is 19.5. The van der Waals surface area contributed by atoms with Crippen LogP contribution in [-0.4, -0.2) is 34.8 Å². The number of rotatable bonds is 4. The van der Waals surface area contributed by atoms with Gasteiger partial charge in [-0.15, -0.1) is 0 Å². The van der Waals surface area contributed by atoms with Crippen molar-refractivity contribution in [3.05, 3.63) is 12.2 Å². The second kappa shape index (κ2) is 8.05. The molecule has 0 bridgehead atoms. The maximum absolute atomic E-state index is 12.1. The Morgan fingerprint density at radius 3 is 1.67 bits per heavy atom. The van der Waals surface area contributed by atoms with Gasteiger partial charge < -0.3 is 9.47 Å². The van der Waals surface area contributed by atoms with Crippen LogP contribution in [0, 0.1) is 0 Å². The molecule has 2 amide bonds. The molecule has 0 aliphatic carbocycles. The molecule has 5 heteroatoms. The van der Waals surface area contributed by atoms with Gasteiger partial charge in [0.2, 0.25) is 0 Å². The van der Waals surface area contributed by atoms with Crippen LogP contribution in [0.25, 0.3) is 0 Å². The van der Waals surface area contributed by atoms with Gasteiger partial charge in [-0.05, 0) is 54.4 Å². The minimum atomic E-state index is -0.679. The first-order chi connectivity index (χ1) is 9.46. The molecule has 0 N–H and O–H groups in total. The Balaban J connectivity index is 4.87. The third kappa shape index (κ3) is 9.93. The highest BCUT2D eigenvalue weighted by Gasteiger charge is 2.30. The molecule has 0 radical (unpaired) electrons. The van der Waals surface area contributed by atoms with Crippen molar-refractivity contribution in [1.82, 2.24) is 4.90 Å². The van der Waals surface area contributed by atoms with Crippen LogP contribution >= 0.6 is 0 Å². The van der Waals surface area contributed by atoms with Gasteiger partial charge in [-0.2, -0.15) is 0 Å². The molecule has 0 saturated carbocycles. The lowest BCUT2D eigenvalue weighted by molar-refractivity contribution is 0.00182. The van der Waals surface area contributed by atoms with Crippen molar-refractivity contribution in [2.75, 3.05) is 6.54 Å². The topological polar surface area (TPSA) is 55.8 Å². The molecule has 0 spiro atoms. The van der Waals surface area contributed by atoms with Crippen molar-refractivity contribution in [1.29, 1.82) is 0 Å². The molecule has 0 aliphatic heterocycles. The minimum Gasteiger partial charge on any atom is -0.443 e. The molecule has 0 unspecified atom stereocenters. The van der Waals surface area contributed by atoms with Crippen LogP contribution in [0.4, 0.5) is 9.59 Å². The van der Waals surface area contributed by atoms with Gasteiger partial charge in [-0.3, -0.25) is 0 Å². The van der Waals surface area contributed by atoms with Crippen LogP contribution in [0.5, 0.6) is 0 Å². The molecule has 0 rings (SSSR count). The molecule has 0 aliphatic rings. The molecule has 0 atom stereocenters. The molecule has 122 valence electrons. The number of carbonyl (C=O) groups is 2. The van der Waals surface area contributed by atoms with Gasteiger partial charge in [0, 0.05) is 6.54 Å². The van der Waals surface area contributed by atoms with Crippen molar-refractivity contribution >= 4 is 12.2 Å². The Kier molecular flexibility index (Phi) is 7.47. The van der Waals surface area contributed by atoms with Crippen molar-refractivity contribution in [2.24, 2.45) is 0 Å². The molecule has 0 fully saturated rings. The minimum absolute atomic E-state index is 0.236. The van der Waals surface area contributed by atoms with E-state index in [1.807, 2.05) is 19.1 Å².